The highest BCUT2D eigenvalue weighted by atomic mass is 16.3. The zero-order valence-corrected chi connectivity index (χ0v) is 13.3. The van der Waals surface area contributed by atoms with Crippen LogP contribution in [-0.4, -0.2) is 59.8 Å². The van der Waals surface area contributed by atoms with Crippen LogP contribution in [-0.2, 0) is 4.79 Å². The smallest absolute Gasteiger partial charge is 0.237 e. The third-order valence-corrected chi connectivity index (χ3v) is 2.91. The maximum Gasteiger partial charge on any atom is 0.237 e. The molecule has 0 saturated carbocycles. The Balaban J connectivity index is 4.01. The molecule has 0 bridgehead atoms. The molecule has 114 valence electrons. The molecule has 0 aliphatic heterocycles. The van der Waals surface area contributed by atoms with Gasteiger partial charge in [0.2, 0.25) is 5.91 Å². The first-order chi connectivity index (χ1) is 8.69. The van der Waals surface area contributed by atoms with Crippen molar-refractivity contribution in [3.05, 3.63) is 0 Å². The lowest BCUT2D eigenvalue weighted by molar-refractivity contribution is -0.124. The van der Waals surface area contributed by atoms with E-state index in [2.05, 4.69) is 29.4 Å². The van der Waals surface area contributed by atoms with Gasteiger partial charge in [0, 0.05) is 18.6 Å². The predicted molar refractivity (Wildman–Crippen MR) is 79.2 cm³/mol. The summed E-state index contributed by atoms with van der Waals surface area (Å²) >= 11 is 0. The van der Waals surface area contributed by atoms with Gasteiger partial charge in [-0.1, -0.05) is 13.8 Å². The summed E-state index contributed by atoms with van der Waals surface area (Å²) in [6.45, 7) is 14.7. The molecule has 2 atom stereocenters. The van der Waals surface area contributed by atoms with E-state index in [0.717, 1.165) is 13.1 Å². The average Bonchev–Trinajstić information content (AvgIpc) is 2.30. The minimum absolute atomic E-state index is 0.0393. The van der Waals surface area contributed by atoms with Crippen LogP contribution in [0.2, 0.25) is 0 Å². The minimum Gasteiger partial charge on any atom is -0.390 e. The number of rotatable bonds is 8. The Morgan fingerprint density at radius 3 is 2.21 bits per heavy atom. The molecular weight excluding hydrogens is 242 g/mol. The van der Waals surface area contributed by atoms with Crippen LogP contribution in [0, 0.1) is 0 Å². The second kappa shape index (κ2) is 8.51. The van der Waals surface area contributed by atoms with E-state index in [1.807, 2.05) is 27.7 Å². The fraction of sp³-hybridized carbons (Fsp3) is 0.929. The topological polar surface area (TPSA) is 64.6 Å². The lowest BCUT2D eigenvalue weighted by Crippen LogP contribution is -2.51. The Bertz CT molecular complexity index is 260. The van der Waals surface area contributed by atoms with Gasteiger partial charge in [-0.05, 0) is 40.8 Å². The van der Waals surface area contributed by atoms with Gasteiger partial charge in [-0.2, -0.15) is 0 Å². The molecule has 0 aliphatic carbocycles. The molecule has 1 amide bonds. The summed E-state index contributed by atoms with van der Waals surface area (Å²) in [5, 5.41) is 15.9. The minimum atomic E-state index is -0.454. The van der Waals surface area contributed by atoms with Gasteiger partial charge in [0.05, 0.1) is 12.1 Å². The number of aliphatic hydroxyl groups is 1. The molecule has 0 radical (unpaired) electrons. The summed E-state index contributed by atoms with van der Waals surface area (Å²) in [6, 6.07) is -0.300. The van der Waals surface area contributed by atoms with Crippen molar-refractivity contribution >= 4 is 5.91 Å². The van der Waals surface area contributed by atoms with Gasteiger partial charge in [-0.15, -0.1) is 0 Å². The van der Waals surface area contributed by atoms with Gasteiger partial charge in [-0.3, -0.25) is 4.79 Å². The second-order valence-corrected chi connectivity index (χ2v) is 6.01. The van der Waals surface area contributed by atoms with Crippen LogP contribution in [0.3, 0.4) is 0 Å². The molecule has 2 unspecified atom stereocenters. The summed E-state index contributed by atoms with van der Waals surface area (Å²) < 4.78 is 0. The van der Waals surface area contributed by atoms with E-state index in [0.29, 0.717) is 13.1 Å². The number of hydrogen-bond donors (Lipinski definition) is 3. The normalized spacial score (nSPS) is 15.4. The lowest BCUT2D eigenvalue weighted by atomic mass is 10.1. The van der Waals surface area contributed by atoms with Crippen LogP contribution in [0.4, 0.5) is 0 Å². The first kappa shape index (κ1) is 18.4. The highest BCUT2D eigenvalue weighted by Gasteiger charge is 2.19. The summed E-state index contributed by atoms with van der Waals surface area (Å²) in [4.78, 5) is 14.0. The van der Waals surface area contributed by atoms with Crippen molar-refractivity contribution < 1.29 is 9.90 Å². The lowest BCUT2D eigenvalue weighted by Gasteiger charge is -2.25. The van der Waals surface area contributed by atoms with E-state index >= 15 is 0 Å². The average molecular weight is 273 g/mol. The second-order valence-electron chi connectivity index (χ2n) is 6.01. The summed E-state index contributed by atoms with van der Waals surface area (Å²) in [6.07, 6.45) is -0.454. The predicted octanol–water partition coefficient (Wildman–Crippen LogP) is 0.582. The molecule has 0 spiro atoms. The van der Waals surface area contributed by atoms with Gasteiger partial charge >= 0.3 is 0 Å². The molecule has 19 heavy (non-hydrogen) atoms. The van der Waals surface area contributed by atoms with Crippen molar-refractivity contribution in [3.63, 3.8) is 0 Å². The third-order valence-electron chi connectivity index (χ3n) is 2.91. The SMILES string of the molecule is CCN(CC)CC(O)CNC(C)C(=O)NC(C)(C)C. The number of carbonyl (C=O) groups is 1. The number of carbonyl (C=O) groups excluding carboxylic acids is 1. The van der Waals surface area contributed by atoms with Crippen molar-refractivity contribution in [1.29, 1.82) is 0 Å². The van der Waals surface area contributed by atoms with Crippen LogP contribution in [0.5, 0.6) is 0 Å². The maximum atomic E-state index is 11.8. The molecule has 0 aromatic carbocycles. The largest absolute Gasteiger partial charge is 0.390 e. The monoisotopic (exact) mass is 273 g/mol. The van der Waals surface area contributed by atoms with E-state index < -0.39 is 6.10 Å². The molecule has 5 nitrogen and oxygen atoms in total. The third kappa shape index (κ3) is 8.97. The highest BCUT2D eigenvalue weighted by Crippen LogP contribution is 1.99. The summed E-state index contributed by atoms with van der Waals surface area (Å²) in [5.74, 6) is -0.0393. The quantitative estimate of drug-likeness (QED) is 0.605. The molecule has 0 aliphatic rings. The van der Waals surface area contributed by atoms with E-state index in [1.54, 1.807) is 0 Å². The fourth-order valence-electron chi connectivity index (χ4n) is 1.73. The molecule has 0 saturated heterocycles. The number of likely N-dealkylation sites (N-methyl/N-ethyl adjacent to an activating group) is 1. The van der Waals surface area contributed by atoms with Crippen molar-refractivity contribution in [2.75, 3.05) is 26.2 Å². The Kier molecular flexibility index (Phi) is 8.22. The molecule has 0 fully saturated rings. The molecular formula is C14H31N3O2. The molecule has 0 heterocycles. The first-order valence-electron chi connectivity index (χ1n) is 7.15. The van der Waals surface area contributed by atoms with Crippen LogP contribution < -0.4 is 10.6 Å². The van der Waals surface area contributed by atoms with Crippen LogP contribution in [0.15, 0.2) is 0 Å². The van der Waals surface area contributed by atoms with E-state index in [1.165, 1.54) is 0 Å². The number of amides is 1. The molecule has 0 rings (SSSR count). The van der Waals surface area contributed by atoms with E-state index in [9.17, 15) is 9.90 Å². The Morgan fingerprint density at radius 2 is 1.79 bits per heavy atom. The van der Waals surface area contributed by atoms with Crippen LogP contribution >= 0.6 is 0 Å². The first-order valence-corrected chi connectivity index (χ1v) is 7.15. The summed E-state index contributed by atoms with van der Waals surface area (Å²) in [5.41, 5.74) is -0.229. The highest BCUT2D eigenvalue weighted by molar-refractivity contribution is 5.81. The standard InChI is InChI=1S/C14H31N3O2/c1-7-17(8-2)10-12(18)9-15-11(3)13(19)16-14(4,5)6/h11-12,15,18H,7-10H2,1-6H3,(H,16,19). The van der Waals surface area contributed by atoms with Crippen molar-refractivity contribution in [3.8, 4) is 0 Å². The van der Waals surface area contributed by atoms with Gasteiger partial charge in [0.15, 0.2) is 0 Å². The molecule has 5 heteroatoms. The zero-order valence-electron chi connectivity index (χ0n) is 13.3. The van der Waals surface area contributed by atoms with Gasteiger partial charge in [0.1, 0.15) is 0 Å². The number of nitrogens with one attached hydrogen (secondary N) is 2. The van der Waals surface area contributed by atoms with Gasteiger partial charge in [0.25, 0.3) is 0 Å². The number of nitrogens with zero attached hydrogens (tertiary/aromatic N) is 1. The van der Waals surface area contributed by atoms with Crippen molar-refractivity contribution in [2.24, 2.45) is 0 Å². The number of aliphatic hydroxyl groups excluding tert-OH is 1. The summed E-state index contributed by atoms with van der Waals surface area (Å²) in [7, 11) is 0. The Labute approximate surface area is 117 Å². The molecule has 0 aromatic heterocycles. The zero-order chi connectivity index (χ0) is 15.1. The Hall–Kier alpha value is -0.650. The van der Waals surface area contributed by atoms with Gasteiger partial charge in [-0.25, -0.2) is 0 Å². The molecule has 3 N–H and O–H groups in total. The van der Waals surface area contributed by atoms with Crippen LogP contribution in [0.25, 0.3) is 0 Å². The van der Waals surface area contributed by atoms with Gasteiger partial charge < -0.3 is 20.6 Å². The molecule has 0 aromatic rings. The van der Waals surface area contributed by atoms with Crippen molar-refractivity contribution in [2.45, 2.75) is 59.2 Å². The Morgan fingerprint density at radius 1 is 1.26 bits per heavy atom. The number of hydrogen-bond acceptors (Lipinski definition) is 4. The van der Waals surface area contributed by atoms with E-state index in [-0.39, 0.29) is 17.5 Å². The maximum absolute atomic E-state index is 11.8. The van der Waals surface area contributed by atoms with E-state index in [4.69, 9.17) is 0 Å². The van der Waals surface area contributed by atoms with Crippen molar-refractivity contribution in [1.82, 2.24) is 15.5 Å². The van der Waals surface area contributed by atoms with Crippen LogP contribution in [0.1, 0.15) is 41.5 Å². The fourth-order valence-corrected chi connectivity index (χ4v) is 1.73.